The lowest BCUT2D eigenvalue weighted by molar-refractivity contribution is -0.155. The largest absolute Gasteiger partial charge is 0.497 e. The van der Waals surface area contributed by atoms with E-state index in [0.29, 0.717) is 17.9 Å². The summed E-state index contributed by atoms with van der Waals surface area (Å²) in [6, 6.07) is 6.09. The molecule has 1 saturated carbocycles. The van der Waals surface area contributed by atoms with Gasteiger partial charge in [-0.15, -0.1) is 0 Å². The van der Waals surface area contributed by atoms with E-state index in [0.717, 1.165) is 24.2 Å². The lowest BCUT2D eigenvalue weighted by Gasteiger charge is -2.36. The second kappa shape index (κ2) is 8.73. The molecule has 9 heteroatoms. The molecular weight excluding hydrogens is 390 g/mol. The number of methoxy groups -OCH3 is 1. The van der Waals surface area contributed by atoms with Crippen LogP contribution in [0, 0.1) is 5.92 Å². The Morgan fingerprint density at radius 3 is 2.60 bits per heavy atom. The smallest absolute Gasteiger partial charge is 0.327 e. The van der Waals surface area contributed by atoms with Gasteiger partial charge < -0.3 is 20.1 Å². The number of nitrogens with zero attached hydrogens (tertiary/aromatic N) is 1. The van der Waals surface area contributed by atoms with Crippen molar-refractivity contribution >= 4 is 29.5 Å². The van der Waals surface area contributed by atoms with E-state index in [4.69, 9.17) is 9.47 Å². The van der Waals surface area contributed by atoms with Crippen LogP contribution < -0.4 is 15.4 Å². The average Bonchev–Trinajstić information content (AvgIpc) is 2.95. The third kappa shape index (κ3) is 4.24. The molecule has 1 heterocycles. The fourth-order valence-corrected chi connectivity index (χ4v) is 3.97. The first-order chi connectivity index (χ1) is 14.3. The molecule has 1 aliphatic carbocycles. The number of ether oxygens (including phenoxy) is 2. The fraction of sp³-hybridized carbons (Fsp3) is 0.524. The minimum absolute atomic E-state index is 0.00193. The Bertz CT molecular complexity index is 840. The van der Waals surface area contributed by atoms with Gasteiger partial charge in [-0.3, -0.25) is 19.3 Å². The molecule has 3 unspecified atom stereocenters. The Labute approximate surface area is 175 Å². The van der Waals surface area contributed by atoms with Gasteiger partial charge in [0.2, 0.25) is 0 Å². The molecule has 9 nitrogen and oxygen atoms in total. The number of hydrogen-bond acceptors (Lipinski definition) is 6. The third-order valence-electron chi connectivity index (χ3n) is 5.82. The van der Waals surface area contributed by atoms with Crippen LogP contribution >= 0.6 is 0 Å². The molecule has 30 heavy (non-hydrogen) atoms. The topological polar surface area (TPSA) is 114 Å². The van der Waals surface area contributed by atoms with Crippen LogP contribution in [0.1, 0.15) is 39.5 Å². The number of nitrogens with one attached hydrogen (secondary N) is 2. The Morgan fingerprint density at radius 2 is 1.97 bits per heavy atom. The highest BCUT2D eigenvalue weighted by molar-refractivity contribution is 6.09. The first kappa shape index (κ1) is 21.6. The van der Waals surface area contributed by atoms with Crippen molar-refractivity contribution in [3.8, 4) is 5.75 Å². The number of rotatable bonds is 6. The van der Waals surface area contributed by atoms with E-state index in [1.54, 1.807) is 24.3 Å². The van der Waals surface area contributed by atoms with Crippen molar-refractivity contribution in [2.45, 2.75) is 51.2 Å². The highest BCUT2D eigenvalue weighted by Gasteiger charge is 2.55. The zero-order valence-electron chi connectivity index (χ0n) is 17.4. The summed E-state index contributed by atoms with van der Waals surface area (Å²) < 4.78 is 10.2. The Kier molecular flexibility index (Phi) is 6.28. The van der Waals surface area contributed by atoms with E-state index in [9.17, 15) is 19.2 Å². The Balaban J connectivity index is 1.56. The van der Waals surface area contributed by atoms with Crippen LogP contribution in [-0.2, 0) is 19.1 Å². The van der Waals surface area contributed by atoms with Crippen LogP contribution in [0.4, 0.5) is 10.5 Å². The number of anilines is 1. The molecule has 162 valence electrons. The maximum Gasteiger partial charge on any atom is 0.327 e. The van der Waals surface area contributed by atoms with Crippen LogP contribution in [0.25, 0.3) is 0 Å². The Morgan fingerprint density at radius 1 is 1.27 bits per heavy atom. The predicted octanol–water partition coefficient (Wildman–Crippen LogP) is 2.07. The number of hydrogen-bond donors (Lipinski definition) is 2. The Hall–Kier alpha value is -3.10. The molecule has 3 atom stereocenters. The SMILES string of the molecule is COc1ccc(NC(=O)C(C)OC(=O)CN2C(=O)NC3(CCCCC3C)C2=O)cc1. The lowest BCUT2D eigenvalue weighted by atomic mass is 9.73. The van der Waals surface area contributed by atoms with Gasteiger partial charge in [-0.1, -0.05) is 19.8 Å². The lowest BCUT2D eigenvalue weighted by Crippen LogP contribution is -2.54. The molecule has 1 aromatic rings. The number of carbonyl (C=O) groups excluding carboxylic acids is 4. The molecule has 2 N–H and O–H groups in total. The maximum atomic E-state index is 12.9. The van der Waals surface area contributed by atoms with Gasteiger partial charge in [-0.25, -0.2) is 4.79 Å². The zero-order chi connectivity index (χ0) is 21.9. The highest BCUT2D eigenvalue weighted by atomic mass is 16.5. The van der Waals surface area contributed by atoms with Crippen LogP contribution in [0.2, 0.25) is 0 Å². The number of esters is 1. The van der Waals surface area contributed by atoms with E-state index >= 15 is 0 Å². The minimum Gasteiger partial charge on any atom is -0.497 e. The predicted molar refractivity (Wildman–Crippen MR) is 108 cm³/mol. The van der Waals surface area contributed by atoms with E-state index < -0.39 is 42.0 Å². The molecule has 1 aliphatic heterocycles. The summed E-state index contributed by atoms with van der Waals surface area (Å²) in [5.74, 6) is -1.10. The molecule has 4 amide bonds. The normalized spacial score (nSPS) is 24.4. The minimum atomic E-state index is -1.09. The van der Waals surface area contributed by atoms with Crippen molar-refractivity contribution in [2.24, 2.45) is 5.92 Å². The third-order valence-corrected chi connectivity index (χ3v) is 5.82. The van der Waals surface area contributed by atoms with Gasteiger partial charge in [-0.2, -0.15) is 0 Å². The van der Waals surface area contributed by atoms with Gasteiger partial charge in [0.1, 0.15) is 17.8 Å². The molecule has 3 rings (SSSR count). The number of benzene rings is 1. The van der Waals surface area contributed by atoms with Gasteiger partial charge in [0.05, 0.1) is 7.11 Å². The molecule has 0 aromatic heterocycles. The second-order valence-corrected chi connectivity index (χ2v) is 7.79. The number of amides is 4. The highest BCUT2D eigenvalue weighted by Crippen LogP contribution is 2.38. The van der Waals surface area contributed by atoms with E-state index in [1.165, 1.54) is 14.0 Å². The van der Waals surface area contributed by atoms with Crippen LogP contribution in [0.5, 0.6) is 5.75 Å². The van der Waals surface area contributed by atoms with Crippen molar-refractivity contribution in [3.05, 3.63) is 24.3 Å². The molecule has 1 spiro atoms. The second-order valence-electron chi connectivity index (χ2n) is 7.79. The van der Waals surface area contributed by atoms with Crippen LogP contribution in [0.15, 0.2) is 24.3 Å². The van der Waals surface area contributed by atoms with Gasteiger partial charge in [0.25, 0.3) is 11.8 Å². The molecule has 0 radical (unpaired) electrons. The van der Waals surface area contributed by atoms with Crippen molar-refractivity contribution in [1.82, 2.24) is 10.2 Å². The summed E-state index contributed by atoms with van der Waals surface area (Å²) in [5.41, 5.74) is -0.418. The summed E-state index contributed by atoms with van der Waals surface area (Å²) in [4.78, 5) is 50.7. The van der Waals surface area contributed by atoms with E-state index in [-0.39, 0.29) is 5.92 Å². The van der Waals surface area contributed by atoms with Gasteiger partial charge in [0.15, 0.2) is 6.10 Å². The van der Waals surface area contributed by atoms with E-state index in [2.05, 4.69) is 10.6 Å². The summed E-state index contributed by atoms with van der Waals surface area (Å²) in [5, 5.41) is 5.41. The molecule has 1 aromatic carbocycles. The van der Waals surface area contributed by atoms with Crippen molar-refractivity contribution in [1.29, 1.82) is 0 Å². The van der Waals surface area contributed by atoms with Crippen molar-refractivity contribution in [2.75, 3.05) is 19.0 Å². The number of carbonyl (C=O) groups is 4. The fourth-order valence-electron chi connectivity index (χ4n) is 3.97. The summed E-state index contributed by atoms with van der Waals surface area (Å²) >= 11 is 0. The average molecular weight is 417 g/mol. The zero-order valence-corrected chi connectivity index (χ0v) is 17.4. The summed E-state index contributed by atoms with van der Waals surface area (Å²) in [7, 11) is 1.54. The van der Waals surface area contributed by atoms with Crippen molar-refractivity contribution < 1.29 is 28.7 Å². The van der Waals surface area contributed by atoms with Gasteiger partial charge in [0, 0.05) is 5.69 Å². The molecule has 2 aliphatic rings. The quantitative estimate of drug-likeness (QED) is 0.541. The van der Waals surface area contributed by atoms with Gasteiger partial charge >= 0.3 is 12.0 Å². The van der Waals surface area contributed by atoms with Crippen LogP contribution in [-0.4, -0.2) is 54.0 Å². The van der Waals surface area contributed by atoms with Gasteiger partial charge in [-0.05, 0) is 49.9 Å². The molecule has 1 saturated heterocycles. The summed E-state index contributed by atoms with van der Waals surface area (Å²) in [6.07, 6.45) is 2.16. The first-order valence-corrected chi connectivity index (χ1v) is 10.1. The maximum absolute atomic E-state index is 12.9. The monoisotopic (exact) mass is 417 g/mol. The first-order valence-electron chi connectivity index (χ1n) is 10.1. The summed E-state index contributed by atoms with van der Waals surface area (Å²) in [6.45, 7) is 2.83. The molecule has 2 fully saturated rings. The van der Waals surface area contributed by atoms with E-state index in [1.807, 2.05) is 6.92 Å². The van der Waals surface area contributed by atoms with Crippen molar-refractivity contribution in [3.63, 3.8) is 0 Å². The number of imide groups is 1. The standard InChI is InChI=1S/C21H27N3O6/c1-13-6-4-5-11-21(13)19(27)24(20(28)23-21)12-17(25)30-14(2)18(26)22-15-7-9-16(29-3)10-8-15/h7-10,13-14H,4-6,11-12H2,1-3H3,(H,22,26)(H,23,28). The molecule has 0 bridgehead atoms. The van der Waals surface area contributed by atoms with Crippen LogP contribution in [0.3, 0.4) is 0 Å². The molecular formula is C21H27N3O6. The number of urea groups is 1.